The minimum atomic E-state index is 0.146. The number of ether oxygens (including phenoxy) is 1. The fourth-order valence-electron chi connectivity index (χ4n) is 2.39. The Labute approximate surface area is 113 Å². The highest BCUT2D eigenvalue weighted by Crippen LogP contribution is 2.24. The molecule has 1 aromatic rings. The van der Waals surface area contributed by atoms with E-state index >= 15 is 0 Å². The molecule has 1 aromatic carbocycles. The van der Waals surface area contributed by atoms with Gasteiger partial charge in [-0.15, -0.1) is 0 Å². The van der Waals surface area contributed by atoms with E-state index < -0.39 is 0 Å². The predicted octanol–water partition coefficient (Wildman–Crippen LogP) is 1.70. The molecule has 0 saturated carbocycles. The first-order valence-corrected chi connectivity index (χ1v) is 6.57. The van der Waals surface area contributed by atoms with Gasteiger partial charge in [-0.25, -0.2) is 0 Å². The molecule has 19 heavy (non-hydrogen) atoms. The van der Waals surface area contributed by atoms with Crippen LogP contribution in [0.4, 0.5) is 5.69 Å². The van der Waals surface area contributed by atoms with E-state index in [9.17, 15) is 0 Å². The molecule has 1 saturated heterocycles. The second-order valence-electron chi connectivity index (χ2n) is 4.99. The highest BCUT2D eigenvalue weighted by atomic mass is 16.5. The SMILES string of the molecule is Cc1ccc(C(N)=NO)c(N2CCCOC(C)C2)c1. The van der Waals surface area contributed by atoms with E-state index in [4.69, 9.17) is 15.7 Å². The molecule has 1 fully saturated rings. The number of rotatable bonds is 2. The Morgan fingerprint density at radius 3 is 3.05 bits per heavy atom. The normalized spacial score (nSPS) is 21.3. The molecule has 0 spiro atoms. The Balaban J connectivity index is 2.38. The number of hydrogen-bond acceptors (Lipinski definition) is 4. The van der Waals surface area contributed by atoms with Crippen molar-refractivity contribution in [3.63, 3.8) is 0 Å². The summed E-state index contributed by atoms with van der Waals surface area (Å²) >= 11 is 0. The molecule has 0 amide bonds. The lowest BCUT2D eigenvalue weighted by Crippen LogP contribution is -2.32. The van der Waals surface area contributed by atoms with Gasteiger partial charge in [0, 0.05) is 30.9 Å². The van der Waals surface area contributed by atoms with Gasteiger partial charge in [-0.05, 0) is 38.0 Å². The van der Waals surface area contributed by atoms with Crippen molar-refractivity contribution in [1.82, 2.24) is 0 Å². The summed E-state index contributed by atoms with van der Waals surface area (Å²) in [6.07, 6.45) is 1.16. The van der Waals surface area contributed by atoms with Crippen LogP contribution in [-0.4, -0.2) is 36.8 Å². The van der Waals surface area contributed by atoms with E-state index in [0.29, 0.717) is 0 Å². The van der Waals surface area contributed by atoms with Gasteiger partial charge in [-0.1, -0.05) is 11.2 Å². The quantitative estimate of drug-likeness (QED) is 0.369. The molecule has 1 aliphatic rings. The van der Waals surface area contributed by atoms with Gasteiger partial charge in [-0.2, -0.15) is 0 Å². The van der Waals surface area contributed by atoms with Crippen molar-refractivity contribution in [2.75, 3.05) is 24.6 Å². The lowest BCUT2D eigenvalue weighted by Gasteiger charge is -2.26. The monoisotopic (exact) mass is 263 g/mol. The van der Waals surface area contributed by atoms with Crippen LogP contribution in [0.1, 0.15) is 24.5 Å². The number of aryl methyl sites for hydroxylation is 1. The minimum absolute atomic E-state index is 0.146. The first kappa shape index (κ1) is 13.7. The van der Waals surface area contributed by atoms with Gasteiger partial charge in [0.25, 0.3) is 0 Å². The average Bonchev–Trinajstić information content (AvgIpc) is 2.62. The van der Waals surface area contributed by atoms with E-state index in [2.05, 4.69) is 23.0 Å². The van der Waals surface area contributed by atoms with Crippen LogP contribution in [0.5, 0.6) is 0 Å². The highest BCUT2D eigenvalue weighted by molar-refractivity contribution is 6.02. The molecule has 0 radical (unpaired) electrons. The number of nitrogens with zero attached hydrogens (tertiary/aromatic N) is 2. The molecule has 2 rings (SSSR count). The summed E-state index contributed by atoms with van der Waals surface area (Å²) in [7, 11) is 0. The van der Waals surface area contributed by atoms with Crippen LogP contribution in [0, 0.1) is 6.92 Å². The van der Waals surface area contributed by atoms with Gasteiger partial charge in [-0.3, -0.25) is 0 Å². The number of anilines is 1. The summed E-state index contributed by atoms with van der Waals surface area (Å²) in [5, 5.41) is 12.0. The Kier molecular flexibility index (Phi) is 4.27. The van der Waals surface area contributed by atoms with Crippen molar-refractivity contribution in [3.05, 3.63) is 29.3 Å². The smallest absolute Gasteiger partial charge is 0.172 e. The summed E-state index contributed by atoms with van der Waals surface area (Å²) < 4.78 is 5.66. The highest BCUT2D eigenvalue weighted by Gasteiger charge is 2.19. The van der Waals surface area contributed by atoms with E-state index in [1.165, 1.54) is 0 Å². The number of nitrogens with two attached hydrogens (primary N) is 1. The molecule has 1 heterocycles. The molecule has 5 nitrogen and oxygen atoms in total. The third kappa shape index (κ3) is 3.17. The van der Waals surface area contributed by atoms with Gasteiger partial charge in [0.1, 0.15) is 0 Å². The van der Waals surface area contributed by atoms with Crippen molar-refractivity contribution >= 4 is 11.5 Å². The largest absolute Gasteiger partial charge is 0.409 e. The summed E-state index contributed by atoms with van der Waals surface area (Å²) in [4.78, 5) is 2.25. The summed E-state index contributed by atoms with van der Waals surface area (Å²) in [6.45, 7) is 6.62. The molecule has 0 aliphatic carbocycles. The van der Waals surface area contributed by atoms with Gasteiger partial charge in [0.2, 0.25) is 0 Å². The lowest BCUT2D eigenvalue weighted by atomic mass is 10.1. The zero-order chi connectivity index (χ0) is 13.8. The van der Waals surface area contributed by atoms with Crippen molar-refractivity contribution in [3.8, 4) is 0 Å². The fraction of sp³-hybridized carbons (Fsp3) is 0.500. The third-order valence-electron chi connectivity index (χ3n) is 3.33. The number of benzene rings is 1. The van der Waals surface area contributed by atoms with Crippen LogP contribution < -0.4 is 10.6 Å². The molecule has 1 unspecified atom stereocenters. The molecule has 0 bridgehead atoms. The predicted molar refractivity (Wildman–Crippen MR) is 75.9 cm³/mol. The average molecular weight is 263 g/mol. The summed E-state index contributed by atoms with van der Waals surface area (Å²) in [6, 6.07) is 5.94. The lowest BCUT2D eigenvalue weighted by molar-refractivity contribution is 0.0821. The van der Waals surface area contributed by atoms with Crippen molar-refractivity contribution in [2.24, 2.45) is 10.9 Å². The molecule has 3 N–H and O–H groups in total. The Morgan fingerprint density at radius 1 is 1.53 bits per heavy atom. The molecule has 104 valence electrons. The fourth-order valence-corrected chi connectivity index (χ4v) is 2.39. The molecule has 0 aromatic heterocycles. The second-order valence-corrected chi connectivity index (χ2v) is 4.99. The van der Waals surface area contributed by atoms with Crippen LogP contribution in [-0.2, 0) is 4.74 Å². The molecule has 5 heteroatoms. The van der Waals surface area contributed by atoms with Crippen LogP contribution >= 0.6 is 0 Å². The van der Waals surface area contributed by atoms with E-state index in [0.717, 1.165) is 42.9 Å². The maximum atomic E-state index is 8.91. The topological polar surface area (TPSA) is 71.1 Å². The van der Waals surface area contributed by atoms with Gasteiger partial charge >= 0.3 is 0 Å². The number of oxime groups is 1. The van der Waals surface area contributed by atoms with Crippen molar-refractivity contribution < 1.29 is 9.94 Å². The maximum absolute atomic E-state index is 8.91. The van der Waals surface area contributed by atoms with E-state index in [1.807, 2.05) is 19.1 Å². The van der Waals surface area contributed by atoms with Crippen LogP contribution in [0.15, 0.2) is 23.4 Å². The molecule has 1 atom stereocenters. The zero-order valence-corrected chi connectivity index (χ0v) is 11.5. The number of amidine groups is 1. The number of hydrogen-bond donors (Lipinski definition) is 2. The summed E-state index contributed by atoms with van der Waals surface area (Å²) in [5.74, 6) is 0.146. The minimum Gasteiger partial charge on any atom is -0.409 e. The molecular weight excluding hydrogens is 242 g/mol. The van der Waals surface area contributed by atoms with E-state index in [1.54, 1.807) is 0 Å². The van der Waals surface area contributed by atoms with Crippen molar-refractivity contribution in [2.45, 2.75) is 26.4 Å². The van der Waals surface area contributed by atoms with E-state index in [-0.39, 0.29) is 11.9 Å². The Bertz CT molecular complexity index is 474. The van der Waals surface area contributed by atoms with Crippen LogP contribution in [0.25, 0.3) is 0 Å². The van der Waals surface area contributed by atoms with Crippen LogP contribution in [0.2, 0.25) is 0 Å². The van der Waals surface area contributed by atoms with Crippen LogP contribution in [0.3, 0.4) is 0 Å². The Morgan fingerprint density at radius 2 is 2.32 bits per heavy atom. The summed E-state index contributed by atoms with van der Waals surface area (Å²) in [5.41, 5.74) is 8.70. The second kappa shape index (κ2) is 5.93. The van der Waals surface area contributed by atoms with Gasteiger partial charge in [0.05, 0.1) is 6.10 Å². The standard InChI is InChI=1S/C14H21N3O2/c1-10-4-5-12(14(15)16-18)13(8-10)17-6-3-7-19-11(2)9-17/h4-5,8,11,18H,3,6-7,9H2,1-2H3,(H2,15,16). The maximum Gasteiger partial charge on any atom is 0.172 e. The first-order chi connectivity index (χ1) is 9.11. The third-order valence-corrected chi connectivity index (χ3v) is 3.33. The van der Waals surface area contributed by atoms with Gasteiger partial charge in [0.15, 0.2) is 5.84 Å². The zero-order valence-electron chi connectivity index (χ0n) is 11.5. The van der Waals surface area contributed by atoms with Gasteiger partial charge < -0.3 is 20.6 Å². The first-order valence-electron chi connectivity index (χ1n) is 6.57. The van der Waals surface area contributed by atoms with Crippen molar-refractivity contribution in [1.29, 1.82) is 0 Å². The molecule has 1 aliphatic heterocycles. The molecular formula is C14H21N3O2. The Hall–Kier alpha value is -1.75.